The van der Waals surface area contributed by atoms with E-state index in [0.717, 1.165) is 12.5 Å². The van der Waals surface area contributed by atoms with Crippen molar-refractivity contribution in [3.05, 3.63) is 24.1 Å². The minimum atomic E-state index is -0.305. The van der Waals surface area contributed by atoms with Crippen LogP contribution in [-0.2, 0) is 0 Å². The van der Waals surface area contributed by atoms with E-state index in [0.29, 0.717) is 17.5 Å². The molecule has 1 aliphatic rings. The van der Waals surface area contributed by atoms with E-state index in [9.17, 15) is 4.39 Å². The standard InChI is InChI=1S/C12H15FN4/c1-8(9-2-3-9)6-14-12-15-11-5-4-10(13)7-17(11)16-12/h4-5,7-9H,2-3,6H2,1H3,(H,14,16). The SMILES string of the molecule is CC(CNc1nc2ccc(F)cn2n1)C1CC1. The van der Waals surface area contributed by atoms with Crippen LogP contribution < -0.4 is 5.32 Å². The Morgan fingerprint density at radius 2 is 2.35 bits per heavy atom. The minimum absolute atomic E-state index is 0.305. The van der Waals surface area contributed by atoms with Crippen molar-refractivity contribution in [1.82, 2.24) is 14.6 Å². The highest BCUT2D eigenvalue weighted by Crippen LogP contribution is 2.36. The van der Waals surface area contributed by atoms with Crippen molar-refractivity contribution in [2.45, 2.75) is 19.8 Å². The summed E-state index contributed by atoms with van der Waals surface area (Å²) in [5.74, 6) is 1.78. The Kier molecular flexibility index (Phi) is 2.46. The highest BCUT2D eigenvalue weighted by molar-refractivity contribution is 5.43. The van der Waals surface area contributed by atoms with E-state index in [-0.39, 0.29) is 5.82 Å². The van der Waals surface area contributed by atoms with Gasteiger partial charge in [-0.1, -0.05) is 6.92 Å². The zero-order valence-corrected chi connectivity index (χ0v) is 9.73. The molecule has 17 heavy (non-hydrogen) atoms. The predicted octanol–water partition coefficient (Wildman–Crippen LogP) is 2.33. The lowest BCUT2D eigenvalue weighted by molar-refractivity contribution is 0.535. The zero-order chi connectivity index (χ0) is 11.8. The molecule has 2 aromatic heterocycles. The van der Waals surface area contributed by atoms with Crippen LogP contribution in [0.1, 0.15) is 19.8 Å². The monoisotopic (exact) mass is 234 g/mol. The minimum Gasteiger partial charge on any atom is -0.353 e. The van der Waals surface area contributed by atoms with Gasteiger partial charge in [0.1, 0.15) is 5.82 Å². The van der Waals surface area contributed by atoms with E-state index < -0.39 is 0 Å². The fourth-order valence-corrected chi connectivity index (χ4v) is 2.02. The van der Waals surface area contributed by atoms with E-state index >= 15 is 0 Å². The Morgan fingerprint density at radius 3 is 3.12 bits per heavy atom. The average Bonchev–Trinajstić information content (AvgIpc) is 3.07. The fraction of sp³-hybridized carbons (Fsp3) is 0.500. The number of hydrogen-bond acceptors (Lipinski definition) is 3. The van der Waals surface area contributed by atoms with Crippen LogP contribution in [0.2, 0.25) is 0 Å². The first kappa shape index (κ1) is 10.5. The molecule has 2 aromatic rings. The van der Waals surface area contributed by atoms with Crippen molar-refractivity contribution in [3.63, 3.8) is 0 Å². The molecule has 3 rings (SSSR count). The molecule has 90 valence electrons. The number of fused-ring (bicyclic) bond motifs is 1. The molecule has 1 saturated carbocycles. The lowest BCUT2D eigenvalue weighted by Crippen LogP contribution is -2.13. The predicted molar refractivity (Wildman–Crippen MR) is 63.3 cm³/mol. The number of nitrogens with zero attached hydrogens (tertiary/aromatic N) is 3. The smallest absolute Gasteiger partial charge is 0.243 e. The normalized spacial score (nSPS) is 17.3. The fourth-order valence-electron chi connectivity index (χ4n) is 2.02. The summed E-state index contributed by atoms with van der Waals surface area (Å²) in [6, 6.07) is 3.01. The second-order valence-electron chi connectivity index (χ2n) is 4.78. The third-order valence-corrected chi connectivity index (χ3v) is 3.30. The Labute approximate surface area is 98.9 Å². The highest BCUT2D eigenvalue weighted by Gasteiger charge is 2.27. The molecule has 0 saturated heterocycles. The molecule has 1 atom stereocenters. The quantitative estimate of drug-likeness (QED) is 0.882. The molecule has 1 fully saturated rings. The molecule has 0 amide bonds. The number of nitrogens with one attached hydrogen (secondary N) is 1. The molecule has 5 heteroatoms. The Hall–Kier alpha value is -1.65. The number of rotatable bonds is 4. The van der Waals surface area contributed by atoms with Gasteiger partial charge in [-0.05, 0) is 36.8 Å². The maximum absolute atomic E-state index is 13.0. The maximum Gasteiger partial charge on any atom is 0.243 e. The first-order valence-corrected chi connectivity index (χ1v) is 5.98. The van der Waals surface area contributed by atoms with Crippen molar-refractivity contribution < 1.29 is 4.39 Å². The molecule has 4 nitrogen and oxygen atoms in total. The molecule has 0 aromatic carbocycles. The van der Waals surface area contributed by atoms with Gasteiger partial charge in [-0.3, -0.25) is 0 Å². The Bertz CT molecular complexity index is 532. The molecular weight excluding hydrogens is 219 g/mol. The maximum atomic E-state index is 13.0. The molecule has 1 unspecified atom stereocenters. The third kappa shape index (κ3) is 2.23. The van der Waals surface area contributed by atoms with Crippen molar-refractivity contribution in [1.29, 1.82) is 0 Å². The Balaban J connectivity index is 1.72. The van der Waals surface area contributed by atoms with Crippen molar-refractivity contribution in [2.75, 3.05) is 11.9 Å². The highest BCUT2D eigenvalue weighted by atomic mass is 19.1. The number of hydrogen-bond donors (Lipinski definition) is 1. The molecule has 2 heterocycles. The van der Waals surface area contributed by atoms with Gasteiger partial charge in [-0.2, -0.15) is 4.98 Å². The van der Waals surface area contributed by atoms with Crippen molar-refractivity contribution in [3.8, 4) is 0 Å². The number of pyridine rings is 1. The van der Waals surface area contributed by atoms with Gasteiger partial charge < -0.3 is 5.32 Å². The molecular formula is C12H15FN4. The summed E-state index contributed by atoms with van der Waals surface area (Å²) in [5.41, 5.74) is 0.660. The lowest BCUT2D eigenvalue weighted by Gasteiger charge is -2.08. The lowest BCUT2D eigenvalue weighted by atomic mass is 10.1. The molecule has 1 aliphatic carbocycles. The van der Waals surface area contributed by atoms with Gasteiger partial charge in [0.2, 0.25) is 5.95 Å². The second kappa shape index (κ2) is 3.98. The van der Waals surface area contributed by atoms with Crippen molar-refractivity contribution >= 4 is 11.6 Å². The van der Waals surface area contributed by atoms with Crippen molar-refractivity contribution in [2.24, 2.45) is 11.8 Å². The number of aromatic nitrogens is 3. The van der Waals surface area contributed by atoms with Crippen LogP contribution in [0.5, 0.6) is 0 Å². The number of halogens is 1. The van der Waals surface area contributed by atoms with Gasteiger partial charge in [0.25, 0.3) is 0 Å². The summed E-state index contributed by atoms with van der Waals surface area (Å²) in [6.45, 7) is 3.12. The zero-order valence-electron chi connectivity index (χ0n) is 9.73. The van der Waals surface area contributed by atoms with Crippen LogP contribution in [0, 0.1) is 17.7 Å². The first-order chi connectivity index (χ1) is 8.22. The topological polar surface area (TPSA) is 42.2 Å². The van der Waals surface area contributed by atoms with Crippen LogP contribution in [0.3, 0.4) is 0 Å². The summed E-state index contributed by atoms with van der Waals surface area (Å²) >= 11 is 0. The summed E-state index contributed by atoms with van der Waals surface area (Å²) in [6.07, 6.45) is 4.01. The summed E-state index contributed by atoms with van der Waals surface area (Å²) in [5, 5.41) is 7.39. The van der Waals surface area contributed by atoms with Gasteiger partial charge >= 0.3 is 0 Å². The van der Waals surface area contributed by atoms with Gasteiger partial charge in [0, 0.05) is 6.54 Å². The largest absolute Gasteiger partial charge is 0.353 e. The first-order valence-electron chi connectivity index (χ1n) is 5.98. The molecule has 1 N–H and O–H groups in total. The number of anilines is 1. The van der Waals surface area contributed by atoms with Crippen LogP contribution >= 0.6 is 0 Å². The third-order valence-electron chi connectivity index (χ3n) is 3.30. The van der Waals surface area contributed by atoms with Gasteiger partial charge in [0.15, 0.2) is 5.65 Å². The van der Waals surface area contributed by atoms with Gasteiger partial charge in [-0.25, -0.2) is 8.91 Å². The van der Waals surface area contributed by atoms with E-state index in [1.54, 1.807) is 6.07 Å². The molecule has 0 spiro atoms. The molecule has 0 radical (unpaired) electrons. The van der Waals surface area contributed by atoms with E-state index in [1.807, 2.05) is 0 Å². The average molecular weight is 234 g/mol. The second-order valence-corrected chi connectivity index (χ2v) is 4.78. The van der Waals surface area contributed by atoms with Crippen LogP contribution in [0.25, 0.3) is 5.65 Å². The van der Waals surface area contributed by atoms with Gasteiger partial charge in [0.05, 0.1) is 6.20 Å². The van der Waals surface area contributed by atoms with Crippen LogP contribution in [-0.4, -0.2) is 21.1 Å². The summed E-state index contributed by atoms with van der Waals surface area (Å²) in [7, 11) is 0. The van der Waals surface area contributed by atoms with Gasteiger partial charge in [-0.15, -0.1) is 5.10 Å². The Morgan fingerprint density at radius 1 is 1.53 bits per heavy atom. The summed E-state index contributed by atoms with van der Waals surface area (Å²) < 4.78 is 14.4. The molecule has 0 bridgehead atoms. The van der Waals surface area contributed by atoms with E-state index in [1.165, 1.54) is 29.6 Å². The molecule has 0 aliphatic heterocycles. The van der Waals surface area contributed by atoms with E-state index in [4.69, 9.17) is 0 Å². The van der Waals surface area contributed by atoms with Crippen LogP contribution in [0.4, 0.5) is 10.3 Å². The summed E-state index contributed by atoms with van der Waals surface area (Å²) in [4.78, 5) is 4.28. The van der Waals surface area contributed by atoms with Crippen LogP contribution in [0.15, 0.2) is 18.3 Å². The van der Waals surface area contributed by atoms with E-state index in [2.05, 4.69) is 22.3 Å².